The predicted octanol–water partition coefficient (Wildman–Crippen LogP) is 2.25. The lowest BCUT2D eigenvalue weighted by molar-refractivity contribution is 0.233. The van der Waals surface area contributed by atoms with Gasteiger partial charge in [0.1, 0.15) is 0 Å². The van der Waals surface area contributed by atoms with Crippen molar-refractivity contribution in [1.82, 2.24) is 9.88 Å². The Bertz CT molecular complexity index is 479. The van der Waals surface area contributed by atoms with Gasteiger partial charge in [0.15, 0.2) is 0 Å². The average molecular weight is 258 g/mol. The Morgan fingerprint density at radius 1 is 1.16 bits per heavy atom. The topological polar surface area (TPSA) is 37.2 Å². The molecule has 2 N–H and O–H groups in total. The van der Waals surface area contributed by atoms with E-state index < -0.39 is 0 Å². The van der Waals surface area contributed by atoms with E-state index in [0.717, 1.165) is 19.6 Å². The van der Waals surface area contributed by atoms with E-state index in [0.29, 0.717) is 5.92 Å². The van der Waals surface area contributed by atoms with Crippen molar-refractivity contribution in [2.24, 2.45) is 5.92 Å². The molecule has 0 spiro atoms. The number of aromatic nitrogens is 1. The van der Waals surface area contributed by atoms with Gasteiger partial charge in [-0.3, -0.25) is 0 Å². The number of hydrogen-bond donors (Lipinski definition) is 2. The molecule has 1 atom stereocenters. The maximum Gasteiger partial charge on any atom is 0.0470 e. The van der Waals surface area contributed by atoms with Gasteiger partial charge in [-0.2, -0.15) is 0 Å². The van der Waals surface area contributed by atoms with Crippen LogP contribution in [0.3, 0.4) is 0 Å². The van der Waals surface area contributed by atoms with Gasteiger partial charge >= 0.3 is 0 Å². The molecule has 0 amide bonds. The van der Waals surface area contributed by atoms with Crippen molar-refractivity contribution in [3.8, 4) is 0 Å². The van der Waals surface area contributed by atoms with E-state index in [1.54, 1.807) is 0 Å². The molecule has 2 aromatic rings. The van der Waals surface area contributed by atoms with Crippen molar-refractivity contribution in [2.45, 2.75) is 20.0 Å². The highest BCUT2D eigenvalue weighted by atomic mass is 16.3. The summed E-state index contributed by atoms with van der Waals surface area (Å²) in [4.78, 5) is 0. The second kappa shape index (κ2) is 7.12. The molecule has 0 radical (unpaired) electrons. The summed E-state index contributed by atoms with van der Waals surface area (Å²) >= 11 is 0. The summed E-state index contributed by atoms with van der Waals surface area (Å²) in [7, 11) is 0. The van der Waals surface area contributed by atoms with Gasteiger partial charge in [-0.1, -0.05) is 37.3 Å². The fourth-order valence-electron chi connectivity index (χ4n) is 2.02. The molecular weight excluding hydrogens is 236 g/mol. The SMILES string of the molecule is CC(CO)CNCc1ccn(Cc2ccccc2)c1. The summed E-state index contributed by atoms with van der Waals surface area (Å²) in [5.74, 6) is 0.311. The highest BCUT2D eigenvalue weighted by Crippen LogP contribution is 2.06. The zero-order valence-electron chi connectivity index (χ0n) is 11.4. The molecule has 0 bridgehead atoms. The lowest BCUT2D eigenvalue weighted by atomic mass is 10.2. The summed E-state index contributed by atoms with van der Waals surface area (Å²) in [6.07, 6.45) is 4.28. The van der Waals surface area contributed by atoms with Crippen LogP contribution in [0, 0.1) is 5.92 Å². The van der Waals surface area contributed by atoms with Crippen LogP contribution in [0.4, 0.5) is 0 Å². The van der Waals surface area contributed by atoms with Crippen LogP contribution in [-0.2, 0) is 13.1 Å². The molecule has 102 valence electrons. The zero-order valence-corrected chi connectivity index (χ0v) is 11.4. The van der Waals surface area contributed by atoms with E-state index in [2.05, 4.69) is 52.6 Å². The largest absolute Gasteiger partial charge is 0.396 e. The van der Waals surface area contributed by atoms with Crippen LogP contribution in [0.25, 0.3) is 0 Å². The van der Waals surface area contributed by atoms with Crippen LogP contribution >= 0.6 is 0 Å². The molecule has 19 heavy (non-hydrogen) atoms. The molecule has 0 saturated carbocycles. The molecule has 0 fully saturated rings. The zero-order chi connectivity index (χ0) is 13.5. The van der Waals surface area contributed by atoms with Crippen molar-refractivity contribution in [3.05, 3.63) is 59.9 Å². The van der Waals surface area contributed by atoms with E-state index >= 15 is 0 Å². The molecule has 1 aromatic carbocycles. The highest BCUT2D eigenvalue weighted by molar-refractivity contribution is 5.17. The Labute approximate surface area is 114 Å². The minimum atomic E-state index is 0.238. The maximum atomic E-state index is 8.96. The lowest BCUT2D eigenvalue weighted by Gasteiger charge is -2.08. The van der Waals surface area contributed by atoms with Gasteiger partial charge in [-0.15, -0.1) is 0 Å². The maximum absolute atomic E-state index is 8.96. The third kappa shape index (κ3) is 4.54. The monoisotopic (exact) mass is 258 g/mol. The second-order valence-corrected chi connectivity index (χ2v) is 5.10. The van der Waals surface area contributed by atoms with E-state index in [4.69, 9.17) is 5.11 Å². The first-order chi connectivity index (χ1) is 9.28. The van der Waals surface area contributed by atoms with Gasteiger partial charge in [0.25, 0.3) is 0 Å². The van der Waals surface area contributed by atoms with Crippen molar-refractivity contribution in [3.63, 3.8) is 0 Å². The first-order valence-corrected chi connectivity index (χ1v) is 6.78. The first-order valence-electron chi connectivity index (χ1n) is 6.78. The number of rotatable bonds is 7. The summed E-state index contributed by atoms with van der Waals surface area (Å²) < 4.78 is 2.20. The molecule has 0 aliphatic carbocycles. The minimum absolute atomic E-state index is 0.238. The van der Waals surface area contributed by atoms with Gasteiger partial charge in [0, 0.05) is 38.6 Å². The molecule has 0 aliphatic rings. The van der Waals surface area contributed by atoms with Gasteiger partial charge in [-0.05, 0) is 23.1 Å². The van der Waals surface area contributed by atoms with Gasteiger partial charge in [0.2, 0.25) is 0 Å². The smallest absolute Gasteiger partial charge is 0.0470 e. The van der Waals surface area contributed by atoms with Gasteiger partial charge in [-0.25, -0.2) is 0 Å². The van der Waals surface area contributed by atoms with E-state index in [1.165, 1.54) is 11.1 Å². The normalized spacial score (nSPS) is 12.5. The minimum Gasteiger partial charge on any atom is -0.396 e. The Hall–Kier alpha value is -1.58. The van der Waals surface area contributed by atoms with Gasteiger partial charge < -0.3 is 15.0 Å². The van der Waals surface area contributed by atoms with Crippen LogP contribution in [0.1, 0.15) is 18.1 Å². The quantitative estimate of drug-likeness (QED) is 0.799. The molecule has 3 heteroatoms. The molecule has 0 saturated heterocycles. The van der Waals surface area contributed by atoms with Crippen molar-refractivity contribution in [1.29, 1.82) is 0 Å². The fourth-order valence-corrected chi connectivity index (χ4v) is 2.02. The van der Waals surface area contributed by atoms with E-state index in [-0.39, 0.29) is 6.61 Å². The van der Waals surface area contributed by atoms with Crippen molar-refractivity contribution < 1.29 is 5.11 Å². The molecule has 1 unspecified atom stereocenters. The fraction of sp³-hybridized carbons (Fsp3) is 0.375. The number of aliphatic hydroxyl groups excluding tert-OH is 1. The summed E-state index contributed by atoms with van der Waals surface area (Å²) in [5.41, 5.74) is 2.59. The number of nitrogens with zero attached hydrogens (tertiary/aromatic N) is 1. The molecule has 1 heterocycles. The van der Waals surface area contributed by atoms with Crippen LogP contribution in [0.5, 0.6) is 0 Å². The van der Waals surface area contributed by atoms with Gasteiger partial charge in [0.05, 0.1) is 0 Å². The molecule has 1 aromatic heterocycles. The van der Waals surface area contributed by atoms with Crippen LogP contribution in [-0.4, -0.2) is 22.8 Å². The standard InChI is InChI=1S/C16H22N2O/c1-14(13-19)9-17-10-16-7-8-18(12-16)11-15-5-3-2-4-6-15/h2-8,12,14,17,19H,9-11,13H2,1H3. The van der Waals surface area contributed by atoms with Crippen LogP contribution < -0.4 is 5.32 Å². The summed E-state index contributed by atoms with van der Waals surface area (Å²) in [6, 6.07) is 12.6. The number of aliphatic hydroxyl groups is 1. The van der Waals surface area contributed by atoms with E-state index in [1.807, 2.05) is 13.0 Å². The second-order valence-electron chi connectivity index (χ2n) is 5.10. The number of benzene rings is 1. The average Bonchev–Trinajstić information content (AvgIpc) is 2.87. The first kappa shape index (κ1) is 13.8. The highest BCUT2D eigenvalue weighted by Gasteiger charge is 2.01. The Morgan fingerprint density at radius 2 is 1.95 bits per heavy atom. The number of hydrogen-bond acceptors (Lipinski definition) is 2. The molecule has 3 nitrogen and oxygen atoms in total. The molecule has 0 aliphatic heterocycles. The van der Waals surface area contributed by atoms with Crippen LogP contribution in [0.15, 0.2) is 48.8 Å². The summed E-state index contributed by atoms with van der Waals surface area (Å²) in [5, 5.41) is 12.3. The Kier molecular flexibility index (Phi) is 5.19. The van der Waals surface area contributed by atoms with Crippen LogP contribution in [0.2, 0.25) is 0 Å². The van der Waals surface area contributed by atoms with Crippen molar-refractivity contribution in [2.75, 3.05) is 13.2 Å². The summed E-state index contributed by atoms with van der Waals surface area (Å²) in [6.45, 7) is 4.88. The predicted molar refractivity (Wildman–Crippen MR) is 77.9 cm³/mol. The lowest BCUT2D eigenvalue weighted by Crippen LogP contribution is -2.22. The molecule has 2 rings (SSSR count). The third-order valence-corrected chi connectivity index (χ3v) is 3.15. The van der Waals surface area contributed by atoms with Crippen molar-refractivity contribution >= 4 is 0 Å². The third-order valence-electron chi connectivity index (χ3n) is 3.15. The Balaban J connectivity index is 1.82. The Morgan fingerprint density at radius 3 is 2.68 bits per heavy atom. The number of nitrogens with one attached hydrogen (secondary N) is 1. The molecular formula is C16H22N2O. The van der Waals surface area contributed by atoms with E-state index in [9.17, 15) is 0 Å².